The van der Waals surface area contributed by atoms with Gasteiger partial charge in [-0.05, 0) is 0 Å². The Hall–Kier alpha value is 0.850. The number of rotatable bonds is 5. The molecule has 0 aromatic rings. The fourth-order valence-electron chi connectivity index (χ4n) is 1.77. The first-order valence-corrected chi connectivity index (χ1v) is 9.14. The minimum atomic E-state index is -0.133. The molecule has 1 saturated carbocycles. The van der Waals surface area contributed by atoms with Crippen LogP contribution < -0.4 is 25.0 Å². The summed E-state index contributed by atoms with van der Waals surface area (Å²) in [7, 11) is 0. The van der Waals surface area contributed by atoms with E-state index in [4.69, 9.17) is 9.47 Å². The van der Waals surface area contributed by atoms with Gasteiger partial charge in [0.1, 0.15) is 0 Å². The van der Waals surface area contributed by atoms with Gasteiger partial charge >= 0.3 is 121 Å². The van der Waals surface area contributed by atoms with Crippen LogP contribution in [-0.4, -0.2) is 26.8 Å². The second kappa shape index (κ2) is 6.69. The molecule has 4 nitrogen and oxygen atoms in total. The van der Waals surface area contributed by atoms with Crippen LogP contribution in [0.2, 0.25) is 0 Å². The molecule has 1 saturated heterocycles. The standard InChI is InChI=1S/C10H16I2NO3/c11-8(9-12-13-9)10(14)16-6-15-7-4-2-1-3-5-7/h7-9,13H,1-6H2/q-1. The first-order chi connectivity index (χ1) is 7.77. The summed E-state index contributed by atoms with van der Waals surface area (Å²) in [6.07, 6.45) is 6.32. The van der Waals surface area contributed by atoms with Crippen LogP contribution in [0.15, 0.2) is 0 Å². The van der Waals surface area contributed by atoms with Crippen LogP contribution >= 0.6 is 22.6 Å². The van der Waals surface area contributed by atoms with Gasteiger partial charge in [-0.3, -0.25) is 0 Å². The Balaban J connectivity index is 1.57. The van der Waals surface area contributed by atoms with Crippen molar-refractivity contribution in [1.29, 1.82) is 0 Å². The fraction of sp³-hybridized carbons (Fsp3) is 0.900. The molecular formula is C10H16I2NO3-. The molecule has 6 heteroatoms. The Morgan fingerprint density at radius 2 is 2.12 bits per heavy atom. The quantitative estimate of drug-likeness (QED) is 0.106. The van der Waals surface area contributed by atoms with E-state index >= 15 is 0 Å². The molecule has 0 amide bonds. The van der Waals surface area contributed by atoms with Crippen LogP contribution in [0.5, 0.6) is 0 Å². The van der Waals surface area contributed by atoms with Gasteiger partial charge in [-0.2, -0.15) is 0 Å². The Morgan fingerprint density at radius 1 is 1.44 bits per heavy atom. The van der Waals surface area contributed by atoms with Crippen molar-refractivity contribution in [3.63, 3.8) is 0 Å². The van der Waals surface area contributed by atoms with Crippen LogP contribution in [0.4, 0.5) is 0 Å². The first kappa shape index (κ1) is 13.3. The number of halogens is 2. The van der Waals surface area contributed by atoms with Crippen molar-refractivity contribution in [3.05, 3.63) is 0 Å². The molecule has 0 radical (unpaired) electrons. The zero-order valence-corrected chi connectivity index (χ0v) is 13.3. The number of hydrogen-bond donors (Lipinski definition) is 1. The number of hydrogen-bond acceptors (Lipinski definition) is 4. The fourth-order valence-corrected chi connectivity index (χ4v) is 4.90. The molecule has 2 aliphatic rings. The molecule has 0 aromatic heterocycles. The molecule has 1 aliphatic carbocycles. The van der Waals surface area contributed by atoms with Crippen LogP contribution in [0, 0.1) is 0 Å². The van der Waals surface area contributed by atoms with Gasteiger partial charge in [0.05, 0.1) is 0 Å². The van der Waals surface area contributed by atoms with Gasteiger partial charge in [0.25, 0.3) is 0 Å². The Bertz CT molecular complexity index is 242. The van der Waals surface area contributed by atoms with Crippen molar-refractivity contribution in [2.75, 3.05) is 6.79 Å². The third kappa shape index (κ3) is 4.26. The van der Waals surface area contributed by atoms with Gasteiger partial charge in [-0.25, -0.2) is 0 Å². The van der Waals surface area contributed by atoms with E-state index in [1.165, 1.54) is 19.3 Å². The van der Waals surface area contributed by atoms with Crippen LogP contribution in [0.25, 0.3) is 0 Å². The number of carbonyl (C=O) groups is 1. The van der Waals surface area contributed by atoms with Gasteiger partial charge < -0.3 is 0 Å². The van der Waals surface area contributed by atoms with Crippen LogP contribution in [0.3, 0.4) is 0 Å². The SMILES string of the molecule is O=C(OCOC1CCCCC1)C(I)C1N[I-]1. The van der Waals surface area contributed by atoms with Crippen molar-refractivity contribution in [3.8, 4) is 0 Å². The molecule has 2 unspecified atom stereocenters. The maximum absolute atomic E-state index is 11.5. The Morgan fingerprint density at radius 3 is 2.75 bits per heavy atom. The van der Waals surface area contributed by atoms with E-state index in [2.05, 4.69) is 26.1 Å². The summed E-state index contributed by atoms with van der Waals surface area (Å²) in [5.41, 5.74) is 0. The molecule has 16 heavy (non-hydrogen) atoms. The monoisotopic (exact) mass is 452 g/mol. The third-order valence-electron chi connectivity index (χ3n) is 2.77. The van der Waals surface area contributed by atoms with Crippen LogP contribution in [0.1, 0.15) is 32.1 Å². The number of carbonyl (C=O) groups excluding carboxylic acids is 1. The van der Waals surface area contributed by atoms with Crippen molar-refractivity contribution >= 4 is 28.6 Å². The number of ether oxygens (including phenoxy) is 2. The van der Waals surface area contributed by atoms with E-state index in [0.717, 1.165) is 12.8 Å². The van der Waals surface area contributed by atoms with Crippen molar-refractivity contribution in [1.82, 2.24) is 3.53 Å². The average Bonchev–Trinajstić information content (AvgIpc) is 3.13. The summed E-state index contributed by atoms with van der Waals surface area (Å²) in [6, 6.07) is 0. The molecule has 2 atom stereocenters. The predicted molar refractivity (Wildman–Crippen MR) is 63.6 cm³/mol. The molecule has 0 bridgehead atoms. The zero-order valence-electron chi connectivity index (χ0n) is 8.96. The number of alkyl halides is 2. The van der Waals surface area contributed by atoms with Crippen molar-refractivity contribution in [2.24, 2.45) is 0 Å². The average molecular weight is 452 g/mol. The first-order valence-electron chi connectivity index (χ1n) is 5.57. The molecule has 0 aromatic carbocycles. The molecular weight excluding hydrogens is 436 g/mol. The van der Waals surface area contributed by atoms with Crippen LogP contribution in [-0.2, 0) is 14.3 Å². The van der Waals surface area contributed by atoms with E-state index in [-0.39, 0.29) is 38.2 Å². The van der Waals surface area contributed by atoms with E-state index in [9.17, 15) is 4.79 Å². The topological polar surface area (TPSA) is 57.5 Å². The van der Waals surface area contributed by atoms with Crippen molar-refractivity contribution < 1.29 is 35.7 Å². The van der Waals surface area contributed by atoms with Gasteiger partial charge in [0.2, 0.25) is 0 Å². The van der Waals surface area contributed by atoms with E-state index in [1.54, 1.807) is 0 Å². The summed E-state index contributed by atoms with van der Waals surface area (Å²) in [5, 5.41) is 0. The molecule has 2 fully saturated rings. The van der Waals surface area contributed by atoms with Crippen molar-refractivity contribution in [2.45, 2.75) is 46.2 Å². The molecule has 94 valence electrons. The maximum atomic E-state index is 11.5. The summed E-state index contributed by atoms with van der Waals surface area (Å²) in [5.74, 6) is -0.133. The van der Waals surface area contributed by atoms with Gasteiger partial charge in [-0.1, -0.05) is 0 Å². The van der Waals surface area contributed by atoms with E-state index < -0.39 is 0 Å². The Labute approximate surface area is 120 Å². The minimum absolute atomic E-state index is 0.0274. The van der Waals surface area contributed by atoms with Gasteiger partial charge in [0.15, 0.2) is 0 Å². The van der Waals surface area contributed by atoms with Gasteiger partial charge in [-0.15, -0.1) is 0 Å². The predicted octanol–water partition coefficient (Wildman–Crippen LogP) is -1.43. The molecule has 1 N–H and O–H groups in total. The third-order valence-corrected chi connectivity index (χ3v) is 7.44. The molecule has 1 aliphatic heterocycles. The molecule has 1 heterocycles. The van der Waals surface area contributed by atoms with E-state index in [0.29, 0.717) is 10.2 Å². The number of esters is 1. The summed E-state index contributed by atoms with van der Waals surface area (Å²) in [4.78, 5) is 11.5. The summed E-state index contributed by atoms with van der Waals surface area (Å²) >= 11 is 2.22. The normalized spacial score (nSPS) is 27.9. The molecule has 2 rings (SSSR count). The second-order valence-corrected chi connectivity index (χ2v) is 7.96. The summed E-state index contributed by atoms with van der Waals surface area (Å²) in [6.45, 7) is 0.133. The second-order valence-electron chi connectivity index (χ2n) is 4.03. The number of nitrogens with one attached hydrogen (secondary N) is 1. The Kier molecular flexibility index (Phi) is 5.56. The van der Waals surface area contributed by atoms with E-state index in [1.807, 2.05) is 0 Å². The van der Waals surface area contributed by atoms with Gasteiger partial charge in [0, 0.05) is 0 Å². The summed E-state index contributed by atoms with van der Waals surface area (Å²) < 4.78 is 14.3. The zero-order chi connectivity index (χ0) is 11.4. The molecule has 0 spiro atoms.